The van der Waals surface area contributed by atoms with Crippen molar-refractivity contribution in [1.29, 1.82) is 0 Å². The first-order chi connectivity index (χ1) is 8.88. The monoisotopic (exact) mass is 238 g/mol. The van der Waals surface area contributed by atoms with Gasteiger partial charge in [0.05, 0.1) is 6.54 Å². The fourth-order valence-electron chi connectivity index (χ4n) is 1.93. The van der Waals surface area contributed by atoms with Gasteiger partial charge >= 0.3 is 0 Å². The van der Waals surface area contributed by atoms with Crippen LogP contribution in [-0.4, -0.2) is 25.8 Å². The van der Waals surface area contributed by atoms with Crippen LogP contribution in [0, 0.1) is 0 Å². The third kappa shape index (κ3) is 1.75. The number of hydrogen-bond acceptors (Lipinski definition) is 4. The van der Waals surface area contributed by atoms with Gasteiger partial charge in [-0.05, 0) is 18.2 Å². The van der Waals surface area contributed by atoms with Gasteiger partial charge in [-0.2, -0.15) is 0 Å². The van der Waals surface area contributed by atoms with Gasteiger partial charge in [0.2, 0.25) is 0 Å². The van der Waals surface area contributed by atoms with Crippen molar-refractivity contribution in [3.05, 3.63) is 54.4 Å². The van der Waals surface area contributed by atoms with E-state index in [0.29, 0.717) is 17.9 Å². The van der Waals surface area contributed by atoms with Crippen molar-refractivity contribution in [3.8, 4) is 0 Å². The number of rotatable bonds is 3. The van der Waals surface area contributed by atoms with Crippen LogP contribution in [0.15, 0.2) is 43.0 Å². The minimum Gasteiger partial charge on any atom is -0.324 e. The van der Waals surface area contributed by atoms with E-state index in [9.17, 15) is 4.79 Å². The van der Waals surface area contributed by atoms with Crippen LogP contribution in [0.2, 0.25) is 0 Å². The first kappa shape index (κ1) is 10.6. The largest absolute Gasteiger partial charge is 0.324 e. The molecule has 18 heavy (non-hydrogen) atoms. The van der Waals surface area contributed by atoms with Crippen molar-refractivity contribution in [3.63, 3.8) is 0 Å². The Hall–Kier alpha value is -2.56. The minimum absolute atomic E-state index is 0.502. The predicted molar refractivity (Wildman–Crippen MR) is 66.3 cm³/mol. The zero-order chi connectivity index (χ0) is 12.4. The second-order valence-electron chi connectivity index (χ2n) is 3.87. The fraction of sp³-hybridized carbons (Fsp3) is 0.0769. The summed E-state index contributed by atoms with van der Waals surface area (Å²) in [7, 11) is 0. The summed E-state index contributed by atoms with van der Waals surface area (Å²) in [6.07, 6.45) is 7.72. The number of nitrogens with zero attached hydrogens (tertiary/aromatic N) is 4. The second-order valence-corrected chi connectivity index (χ2v) is 3.87. The maximum absolute atomic E-state index is 11.0. The molecule has 88 valence electrons. The van der Waals surface area contributed by atoms with Gasteiger partial charge < -0.3 is 4.57 Å². The fourth-order valence-corrected chi connectivity index (χ4v) is 1.93. The number of carbonyl (C=O) groups excluding carboxylic acids is 1. The lowest BCUT2D eigenvalue weighted by molar-refractivity contribution is 0.112. The summed E-state index contributed by atoms with van der Waals surface area (Å²) in [5.74, 6) is 0.692. The van der Waals surface area contributed by atoms with Crippen LogP contribution in [0.3, 0.4) is 0 Å². The third-order valence-electron chi connectivity index (χ3n) is 2.72. The number of aromatic nitrogens is 4. The minimum atomic E-state index is 0.502. The molecule has 0 atom stereocenters. The van der Waals surface area contributed by atoms with E-state index < -0.39 is 0 Å². The molecule has 0 bridgehead atoms. The standard InChI is InChI=1S/C13H10N4O/c18-9-10-7-17(8-12-14-5-2-6-15-12)13-11(10)3-1-4-16-13/h1-7,9H,8H2. The molecule has 3 aromatic heterocycles. The molecule has 0 radical (unpaired) electrons. The highest BCUT2D eigenvalue weighted by molar-refractivity contribution is 5.95. The highest BCUT2D eigenvalue weighted by Crippen LogP contribution is 2.18. The Morgan fingerprint density at radius 2 is 1.89 bits per heavy atom. The summed E-state index contributed by atoms with van der Waals surface area (Å²) in [5.41, 5.74) is 1.40. The Bertz CT molecular complexity index is 691. The summed E-state index contributed by atoms with van der Waals surface area (Å²) in [6, 6.07) is 5.47. The molecule has 0 saturated carbocycles. The van der Waals surface area contributed by atoms with Gasteiger partial charge in [-0.3, -0.25) is 4.79 Å². The molecule has 3 heterocycles. The molecule has 5 heteroatoms. The molecule has 0 spiro atoms. The quantitative estimate of drug-likeness (QED) is 0.651. The van der Waals surface area contributed by atoms with Crippen molar-refractivity contribution in [1.82, 2.24) is 19.5 Å². The lowest BCUT2D eigenvalue weighted by atomic mass is 10.2. The average Bonchev–Trinajstić information content (AvgIpc) is 2.78. The molecule has 0 unspecified atom stereocenters. The number of aldehydes is 1. The molecule has 0 aromatic carbocycles. The maximum atomic E-state index is 11.0. The molecule has 5 nitrogen and oxygen atoms in total. The highest BCUT2D eigenvalue weighted by atomic mass is 16.1. The van der Waals surface area contributed by atoms with Gasteiger partial charge in [0.1, 0.15) is 11.5 Å². The Morgan fingerprint density at radius 3 is 2.67 bits per heavy atom. The van der Waals surface area contributed by atoms with Crippen LogP contribution < -0.4 is 0 Å². The summed E-state index contributed by atoms with van der Waals surface area (Å²) in [5, 5.41) is 0.850. The third-order valence-corrected chi connectivity index (χ3v) is 2.72. The first-order valence-corrected chi connectivity index (χ1v) is 5.53. The summed E-state index contributed by atoms with van der Waals surface area (Å²) < 4.78 is 1.88. The molecular formula is C13H10N4O. The zero-order valence-corrected chi connectivity index (χ0v) is 9.52. The van der Waals surface area contributed by atoms with E-state index in [-0.39, 0.29) is 0 Å². The normalized spacial score (nSPS) is 10.7. The molecule has 3 aromatic rings. The van der Waals surface area contributed by atoms with Crippen molar-refractivity contribution in [2.75, 3.05) is 0 Å². The van der Waals surface area contributed by atoms with Crippen molar-refractivity contribution >= 4 is 17.3 Å². The van der Waals surface area contributed by atoms with E-state index in [0.717, 1.165) is 17.3 Å². The van der Waals surface area contributed by atoms with Gasteiger partial charge in [0.15, 0.2) is 6.29 Å². The number of pyridine rings is 1. The average molecular weight is 238 g/mol. The van der Waals surface area contributed by atoms with Crippen LogP contribution >= 0.6 is 0 Å². The van der Waals surface area contributed by atoms with Crippen molar-refractivity contribution < 1.29 is 4.79 Å². The summed E-state index contributed by atoms with van der Waals surface area (Å²) >= 11 is 0. The van der Waals surface area contributed by atoms with Gasteiger partial charge in [-0.1, -0.05) is 0 Å². The predicted octanol–water partition coefficient (Wildman–Crippen LogP) is 1.69. The molecular weight excluding hydrogens is 228 g/mol. The van der Waals surface area contributed by atoms with Crippen molar-refractivity contribution in [2.45, 2.75) is 6.54 Å². The molecule has 3 rings (SSSR count). The topological polar surface area (TPSA) is 60.7 Å². The molecule has 0 aliphatic heterocycles. The Kier molecular flexibility index (Phi) is 2.57. The molecule has 0 fully saturated rings. The first-order valence-electron chi connectivity index (χ1n) is 5.53. The second kappa shape index (κ2) is 4.37. The number of hydrogen-bond donors (Lipinski definition) is 0. The molecule has 0 aliphatic carbocycles. The van der Waals surface area contributed by atoms with E-state index in [2.05, 4.69) is 15.0 Å². The maximum Gasteiger partial charge on any atom is 0.152 e. The SMILES string of the molecule is O=Cc1cn(Cc2ncccn2)c2ncccc12. The van der Waals surface area contributed by atoms with Crippen molar-refractivity contribution in [2.24, 2.45) is 0 Å². The van der Waals surface area contributed by atoms with Gasteiger partial charge in [0, 0.05) is 35.7 Å². The molecule has 0 saturated heterocycles. The summed E-state index contributed by atoms with van der Waals surface area (Å²) in [4.78, 5) is 23.6. The summed E-state index contributed by atoms with van der Waals surface area (Å²) in [6.45, 7) is 0.502. The Balaban J connectivity index is 2.10. The lowest BCUT2D eigenvalue weighted by Crippen LogP contribution is -2.03. The highest BCUT2D eigenvalue weighted by Gasteiger charge is 2.09. The van der Waals surface area contributed by atoms with Gasteiger partial charge in [-0.25, -0.2) is 15.0 Å². The van der Waals surface area contributed by atoms with Crippen LogP contribution in [0.4, 0.5) is 0 Å². The molecule has 0 N–H and O–H groups in total. The van der Waals surface area contributed by atoms with Crippen LogP contribution in [0.25, 0.3) is 11.0 Å². The number of fused-ring (bicyclic) bond motifs is 1. The van der Waals surface area contributed by atoms with Gasteiger partial charge in [-0.15, -0.1) is 0 Å². The van der Waals surface area contributed by atoms with E-state index in [1.54, 1.807) is 30.9 Å². The van der Waals surface area contributed by atoms with Gasteiger partial charge in [0.25, 0.3) is 0 Å². The van der Waals surface area contributed by atoms with Crippen LogP contribution in [0.5, 0.6) is 0 Å². The van der Waals surface area contributed by atoms with E-state index >= 15 is 0 Å². The Morgan fingerprint density at radius 1 is 1.11 bits per heavy atom. The number of carbonyl (C=O) groups is 1. The Labute approximate surface area is 103 Å². The molecule has 0 amide bonds. The smallest absolute Gasteiger partial charge is 0.152 e. The zero-order valence-electron chi connectivity index (χ0n) is 9.52. The molecule has 0 aliphatic rings. The van der Waals surface area contributed by atoms with E-state index in [4.69, 9.17) is 0 Å². The van der Waals surface area contributed by atoms with E-state index in [1.165, 1.54) is 0 Å². The van der Waals surface area contributed by atoms with E-state index in [1.807, 2.05) is 16.7 Å². The lowest BCUT2D eigenvalue weighted by Gasteiger charge is -2.02. The van der Waals surface area contributed by atoms with Crippen LogP contribution in [-0.2, 0) is 6.54 Å². The van der Waals surface area contributed by atoms with Crippen LogP contribution in [0.1, 0.15) is 16.2 Å².